The van der Waals surface area contributed by atoms with Crippen LogP contribution in [0.4, 0.5) is 0 Å². The van der Waals surface area contributed by atoms with Gasteiger partial charge in [-0.3, -0.25) is 0 Å². The number of hydrogen-bond donors (Lipinski definition) is 1. The monoisotopic (exact) mass is 274 g/mol. The molecule has 0 bridgehead atoms. The van der Waals surface area contributed by atoms with Gasteiger partial charge in [-0.25, -0.2) is 0 Å². The summed E-state index contributed by atoms with van der Waals surface area (Å²) in [4.78, 5) is 1.23. The molecule has 1 N–H and O–H groups in total. The minimum atomic E-state index is -0.615. The lowest BCUT2D eigenvalue weighted by Gasteiger charge is -2.13. The molecule has 2 rings (SSSR count). The first-order chi connectivity index (χ1) is 9.24. The van der Waals surface area contributed by atoms with E-state index >= 15 is 0 Å². The molecule has 0 heterocycles. The van der Waals surface area contributed by atoms with Crippen molar-refractivity contribution in [2.45, 2.75) is 17.9 Å². The molecule has 0 fully saturated rings. The van der Waals surface area contributed by atoms with Gasteiger partial charge in [-0.1, -0.05) is 31.2 Å². The standard InChI is InChI=1S/C16H18O2S/c1-3-19-15-9-7-12(8-10-15)16(17)13-5-4-6-14(11-13)18-2/h4-11,16-17H,3H2,1-2H3. The molecule has 2 aromatic rings. The summed E-state index contributed by atoms with van der Waals surface area (Å²) in [6.45, 7) is 2.13. The third-order valence-corrected chi connectivity index (χ3v) is 3.81. The van der Waals surface area contributed by atoms with Gasteiger partial charge in [0.15, 0.2) is 0 Å². The molecule has 0 radical (unpaired) electrons. The molecular weight excluding hydrogens is 256 g/mol. The number of rotatable bonds is 5. The summed E-state index contributed by atoms with van der Waals surface area (Å²) >= 11 is 1.80. The molecule has 0 aliphatic carbocycles. The van der Waals surface area contributed by atoms with Crippen LogP contribution in [0.1, 0.15) is 24.2 Å². The van der Waals surface area contributed by atoms with Crippen molar-refractivity contribution in [3.63, 3.8) is 0 Å². The second-order valence-corrected chi connectivity index (χ2v) is 5.52. The van der Waals surface area contributed by atoms with Crippen molar-refractivity contribution < 1.29 is 9.84 Å². The molecule has 2 nitrogen and oxygen atoms in total. The zero-order valence-corrected chi connectivity index (χ0v) is 12.0. The predicted octanol–water partition coefficient (Wildman–Crippen LogP) is 3.89. The zero-order valence-electron chi connectivity index (χ0n) is 11.2. The minimum absolute atomic E-state index is 0.615. The first-order valence-electron chi connectivity index (χ1n) is 6.29. The van der Waals surface area contributed by atoms with E-state index < -0.39 is 6.10 Å². The van der Waals surface area contributed by atoms with Crippen LogP contribution in [0.5, 0.6) is 5.75 Å². The Bertz CT molecular complexity index is 523. The normalized spacial score (nSPS) is 12.2. The van der Waals surface area contributed by atoms with E-state index in [1.54, 1.807) is 18.9 Å². The van der Waals surface area contributed by atoms with Crippen LogP contribution in [-0.4, -0.2) is 18.0 Å². The molecule has 0 amide bonds. The van der Waals surface area contributed by atoms with Gasteiger partial charge < -0.3 is 9.84 Å². The van der Waals surface area contributed by atoms with E-state index in [1.807, 2.05) is 48.5 Å². The molecule has 0 spiro atoms. The summed E-state index contributed by atoms with van der Waals surface area (Å²) in [5, 5.41) is 10.4. The van der Waals surface area contributed by atoms with E-state index in [9.17, 15) is 5.11 Å². The van der Waals surface area contributed by atoms with E-state index in [2.05, 4.69) is 6.92 Å². The summed E-state index contributed by atoms with van der Waals surface area (Å²) in [6, 6.07) is 15.6. The minimum Gasteiger partial charge on any atom is -0.497 e. The number of benzene rings is 2. The van der Waals surface area contributed by atoms with Crippen LogP contribution in [0.25, 0.3) is 0 Å². The number of aliphatic hydroxyl groups excluding tert-OH is 1. The lowest BCUT2D eigenvalue weighted by Crippen LogP contribution is -1.99. The first-order valence-corrected chi connectivity index (χ1v) is 7.28. The van der Waals surface area contributed by atoms with Crippen molar-refractivity contribution in [1.82, 2.24) is 0 Å². The second-order valence-electron chi connectivity index (χ2n) is 4.18. The number of ether oxygens (including phenoxy) is 1. The Morgan fingerprint density at radius 3 is 2.47 bits per heavy atom. The van der Waals surface area contributed by atoms with Crippen LogP contribution in [0.2, 0.25) is 0 Å². The van der Waals surface area contributed by atoms with Gasteiger partial charge in [0.25, 0.3) is 0 Å². The topological polar surface area (TPSA) is 29.5 Å². The highest BCUT2D eigenvalue weighted by Gasteiger charge is 2.11. The zero-order chi connectivity index (χ0) is 13.7. The van der Waals surface area contributed by atoms with Crippen LogP contribution < -0.4 is 4.74 Å². The largest absolute Gasteiger partial charge is 0.497 e. The van der Waals surface area contributed by atoms with Crippen molar-refractivity contribution in [2.24, 2.45) is 0 Å². The molecule has 3 heteroatoms. The summed E-state index contributed by atoms with van der Waals surface area (Å²) < 4.78 is 5.18. The average Bonchev–Trinajstić information content (AvgIpc) is 2.48. The van der Waals surface area contributed by atoms with Gasteiger partial charge in [0, 0.05) is 4.90 Å². The van der Waals surface area contributed by atoms with Crippen molar-refractivity contribution >= 4 is 11.8 Å². The molecule has 0 aliphatic rings. The van der Waals surface area contributed by atoms with E-state index in [4.69, 9.17) is 4.74 Å². The highest BCUT2D eigenvalue weighted by Crippen LogP contribution is 2.27. The Kier molecular flexibility index (Phi) is 4.88. The third-order valence-electron chi connectivity index (χ3n) is 2.92. The van der Waals surface area contributed by atoms with Crippen molar-refractivity contribution in [1.29, 1.82) is 0 Å². The summed E-state index contributed by atoms with van der Waals surface area (Å²) in [5.74, 6) is 1.81. The summed E-state index contributed by atoms with van der Waals surface area (Å²) in [7, 11) is 1.63. The van der Waals surface area contributed by atoms with Crippen LogP contribution in [0, 0.1) is 0 Å². The van der Waals surface area contributed by atoms with Crippen molar-refractivity contribution in [3.05, 3.63) is 59.7 Å². The predicted molar refractivity (Wildman–Crippen MR) is 79.9 cm³/mol. The Hall–Kier alpha value is -1.45. The van der Waals surface area contributed by atoms with E-state index in [0.717, 1.165) is 22.6 Å². The molecular formula is C16H18O2S. The molecule has 19 heavy (non-hydrogen) atoms. The number of aliphatic hydroxyl groups is 1. The van der Waals surface area contributed by atoms with E-state index in [-0.39, 0.29) is 0 Å². The van der Waals surface area contributed by atoms with Crippen LogP contribution >= 0.6 is 11.8 Å². The molecule has 100 valence electrons. The molecule has 1 unspecified atom stereocenters. The highest BCUT2D eigenvalue weighted by atomic mass is 32.2. The Balaban J connectivity index is 2.20. The lowest BCUT2D eigenvalue weighted by molar-refractivity contribution is 0.219. The van der Waals surface area contributed by atoms with Gasteiger partial charge in [-0.2, -0.15) is 0 Å². The Morgan fingerprint density at radius 2 is 1.84 bits per heavy atom. The Morgan fingerprint density at radius 1 is 1.11 bits per heavy atom. The van der Waals surface area contributed by atoms with Gasteiger partial charge in [0.1, 0.15) is 11.9 Å². The van der Waals surface area contributed by atoms with E-state index in [1.165, 1.54) is 4.90 Å². The maximum atomic E-state index is 10.4. The van der Waals surface area contributed by atoms with Gasteiger partial charge in [-0.05, 0) is 41.1 Å². The molecule has 2 aromatic carbocycles. The average molecular weight is 274 g/mol. The second kappa shape index (κ2) is 6.64. The molecule has 1 atom stereocenters. The molecule has 0 saturated carbocycles. The molecule has 0 aliphatic heterocycles. The van der Waals surface area contributed by atoms with Crippen LogP contribution in [0.15, 0.2) is 53.4 Å². The Labute approximate surface area is 118 Å². The van der Waals surface area contributed by atoms with Crippen LogP contribution in [-0.2, 0) is 0 Å². The smallest absolute Gasteiger partial charge is 0.119 e. The fourth-order valence-corrected chi connectivity index (χ4v) is 2.58. The summed E-state index contributed by atoms with van der Waals surface area (Å²) in [6.07, 6.45) is -0.615. The quantitative estimate of drug-likeness (QED) is 0.839. The van der Waals surface area contributed by atoms with E-state index in [0.29, 0.717) is 0 Å². The maximum Gasteiger partial charge on any atom is 0.119 e. The summed E-state index contributed by atoms with van der Waals surface area (Å²) in [5.41, 5.74) is 1.74. The van der Waals surface area contributed by atoms with Crippen LogP contribution in [0.3, 0.4) is 0 Å². The third kappa shape index (κ3) is 3.52. The lowest BCUT2D eigenvalue weighted by atomic mass is 10.0. The fraction of sp³-hybridized carbons (Fsp3) is 0.250. The van der Waals surface area contributed by atoms with Crippen molar-refractivity contribution in [2.75, 3.05) is 12.9 Å². The van der Waals surface area contributed by atoms with Crippen molar-refractivity contribution in [3.8, 4) is 5.75 Å². The number of hydrogen-bond acceptors (Lipinski definition) is 3. The maximum absolute atomic E-state index is 10.4. The first kappa shape index (κ1) is 14.0. The fourth-order valence-electron chi connectivity index (χ4n) is 1.92. The molecule has 0 aromatic heterocycles. The molecule has 0 saturated heterocycles. The number of thioether (sulfide) groups is 1. The van der Waals surface area contributed by atoms with Gasteiger partial charge in [0.05, 0.1) is 7.11 Å². The SMILES string of the molecule is CCSc1ccc(C(O)c2cccc(OC)c2)cc1. The van der Waals surface area contributed by atoms with Gasteiger partial charge in [0.2, 0.25) is 0 Å². The highest BCUT2D eigenvalue weighted by molar-refractivity contribution is 7.99. The van der Waals surface area contributed by atoms with Gasteiger partial charge in [-0.15, -0.1) is 11.8 Å². The van der Waals surface area contributed by atoms with Gasteiger partial charge >= 0.3 is 0 Å². The number of methoxy groups -OCH3 is 1.